The van der Waals surface area contributed by atoms with Crippen molar-refractivity contribution in [2.45, 2.75) is 53.4 Å². The van der Waals surface area contributed by atoms with Gasteiger partial charge in [0, 0.05) is 13.0 Å². The van der Waals surface area contributed by atoms with Gasteiger partial charge in [-0.2, -0.15) is 0 Å². The Morgan fingerprint density at radius 1 is 0.974 bits per heavy atom. The van der Waals surface area contributed by atoms with E-state index in [2.05, 4.69) is 37.9 Å². The number of aryl methyl sites for hydroxylation is 2. The summed E-state index contributed by atoms with van der Waals surface area (Å²) < 4.78 is 17.6. The van der Waals surface area contributed by atoms with Crippen LogP contribution in [0, 0.1) is 20.8 Å². The van der Waals surface area contributed by atoms with E-state index >= 15 is 0 Å². The van der Waals surface area contributed by atoms with Crippen LogP contribution < -0.4 is 55.5 Å². The Hall–Kier alpha value is -3.04. The summed E-state index contributed by atoms with van der Waals surface area (Å²) in [4.78, 5) is 25.9. The van der Waals surface area contributed by atoms with E-state index in [4.69, 9.17) is 14.0 Å². The smallest absolute Gasteiger partial charge is 0.493 e. The summed E-state index contributed by atoms with van der Waals surface area (Å²) >= 11 is 0. The molecule has 0 saturated carbocycles. The molecule has 3 aromatic carbocycles. The van der Waals surface area contributed by atoms with Gasteiger partial charge in [0.15, 0.2) is 5.69 Å². The maximum absolute atomic E-state index is 11.6. The summed E-state index contributed by atoms with van der Waals surface area (Å²) in [5.41, 5.74) is 6.88. The first kappa shape index (κ1) is 29.5. The number of rotatable bonds is 10. The molecule has 0 bridgehead atoms. The van der Waals surface area contributed by atoms with E-state index in [0.29, 0.717) is 25.4 Å². The van der Waals surface area contributed by atoms with Gasteiger partial charge in [-0.25, -0.2) is 4.79 Å². The van der Waals surface area contributed by atoms with Crippen LogP contribution in [-0.2, 0) is 13.2 Å². The molecule has 0 radical (unpaired) electrons. The Morgan fingerprint density at radius 3 is 2.26 bits per heavy atom. The normalized spacial score (nSPS) is 11.6. The van der Waals surface area contributed by atoms with Gasteiger partial charge in [-0.3, -0.25) is 9.53 Å². The number of aliphatic hydroxyl groups excluding tert-OH is 1. The fraction of sp³-hybridized carbons (Fsp3) is 0.310. The number of nitrogens with zero attached hydrogens (tertiary/aromatic N) is 2. The van der Waals surface area contributed by atoms with Gasteiger partial charge in [-0.15, -0.1) is 0 Å². The summed E-state index contributed by atoms with van der Waals surface area (Å²) in [7, 11) is 0. The maximum Gasteiger partial charge on any atom is 1.00 e. The molecular weight excluding hydrogens is 495 g/mol. The predicted molar refractivity (Wildman–Crippen MR) is 140 cm³/mol. The van der Waals surface area contributed by atoms with E-state index in [9.17, 15) is 14.7 Å². The van der Waals surface area contributed by atoms with Crippen LogP contribution in [0.3, 0.4) is 0 Å². The first-order chi connectivity index (χ1) is 17.7. The Kier molecular flexibility index (Phi) is 10.2. The van der Waals surface area contributed by atoms with Crippen LogP contribution in [-0.4, -0.2) is 22.6 Å². The van der Waals surface area contributed by atoms with Gasteiger partial charge in [-0.1, -0.05) is 30.3 Å². The van der Waals surface area contributed by atoms with Crippen molar-refractivity contribution in [1.82, 2.24) is 9.72 Å². The number of hydrogen-bond donors (Lipinski definition) is 1. The second-order valence-corrected chi connectivity index (χ2v) is 9.23. The van der Waals surface area contributed by atoms with Crippen LogP contribution >= 0.6 is 0 Å². The average molecular weight is 527 g/mol. The van der Waals surface area contributed by atoms with Gasteiger partial charge >= 0.3 is 35.3 Å². The molecule has 0 saturated heterocycles. The van der Waals surface area contributed by atoms with Crippen LogP contribution in [0.5, 0.6) is 11.5 Å². The zero-order valence-electron chi connectivity index (χ0n) is 22.5. The molecule has 4 rings (SSSR count). The van der Waals surface area contributed by atoms with E-state index in [1.54, 1.807) is 6.92 Å². The van der Waals surface area contributed by atoms with E-state index in [1.165, 1.54) is 5.56 Å². The van der Waals surface area contributed by atoms with Crippen molar-refractivity contribution in [3.8, 4) is 22.6 Å². The third-order valence-corrected chi connectivity index (χ3v) is 6.26. The molecule has 0 spiro atoms. The van der Waals surface area contributed by atoms with Crippen LogP contribution in [0.4, 0.5) is 0 Å². The van der Waals surface area contributed by atoms with E-state index in [-0.39, 0.29) is 42.2 Å². The fourth-order valence-electron chi connectivity index (χ4n) is 4.30. The Balaban J connectivity index is 0.00000400. The Bertz CT molecular complexity index is 1460. The van der Waals surface area contributed by atoms with Crippen molar-refractivity contribution in [3.05, 3.63) is 103 Å². The summed E-state index contributed by atoms with van der Waals surface area (Å²) in [5.74, 6) is 0.598. The predicted octanol–water partition coefficient (Wildman–Crippen LogP) is 1.13. The number of aliphatic hydroxyl groups is 1. The van der Waals surface area contributed by atoms with Gasteiger partial charge in [0.1, 0.15) is 18.1 Å². The van der Waals surface area contributed by atoms with Gasteiger partial charge in [0.05, 0.1) is 12.7 Å². The van der Waals surface area contributed by atoms with Gasteiger partial charge in [0.2, 0.25) is 0 Å². The molecule has 4 aromatic rings. The second kappa shape index (κ2) is 13.2. The SMILES string of the molecule is Cc1cc(OCC[C@H](C)O)cc(C)c1-c1cccc(COc2ccc(Cn3oc(=O)[n-]c3=O)cc2)c1C.[Na+]. The van der Waals surface area contributed by atoms with E-state index in [0.717, 1.165) is 43.9 Å². The standard InChI is InChI=1S/C29H32N2O6.Na/c1-18-14-25(35-13-12-20(3)32)15-19(2)27(18)26-7-5-6-23(21(26)4)17-36-24-10-8-22(9-11-24)16-31-28(33)30-29(34)37-31;/h5-11,14-15,20,32H,12-13,16-17H2,1-4H3,(H,30,33,34);/q;+1/p-1/t20-;/m0./s1. The number of aromatic nitrogens is 2. The summed E-state index contributed by atoms with van der Waals surface area (Å²) in [6, 6.07) is 17.6. The fourth-order valence-corrected chi connectivity index (χ4v) is 4.30. The Morgan fingerprint density at radius 2 is 1.66 bits per heavy atom. The third-order valence-electron chi connectivity index (χ3n) is 6.26. The van der Waals surface area contributed by atoms with Crippen molar-refractivity contribution in [3.63, 3.8) is 0 Å². The topological polar surface area (TPSA) is 105 Å². The van der Waals surface area contributed by atoms with Crippen LogP contribution in [0.25, 0.3) is 11.1 Å². The minimum Gasteiger partial charge on any atom is -0.493 e. The molecule has 1 N–H and O–H groups in total. The zero-order chi connectivity index (χ0) is 26.5. The molecule has 0 amide bonds. The van der Waals surface area contributed by atoms with Crippen molar-refractivity contribution >= 4 is 0 Å². The molecule has 38 heavy (non-hydrogen) atoms. The molecule has 8 nitrogen and oxygen atoms in total. The van der Waals surface area contributed by atoms with Crippen molar-refractivity contribution in [2.24, 2.45) is 0 Å². The third kappa shape index (κ3) is 7.29. The van der Waals surface area contributed by atoms with Gasteiger partial charge in [0.25, 0.3) is 0 Å². The molecule has 1 heterocycles. The maximum atomic E-state index is 11.6. The monoisotopic (exact) mass is 526 g/mol. The van der Waals surface area contributed by atoms with E-state index in [1.807, 2.05) is 42.5 Å². The van der Waals surface area contributed by atoms with Gasteiger partial charge in [-0.05, 0) is 90.9 Å². The van der Waals surface area contributed by atoms with Gasteiger partial charge < -0.3 is 24.1 Å². The van der Waals surface area contributed by atoms with Crippen molar-refractivity contribution in [1.29, 1.82) is 0 Å². The molecular formula is C29H31N2NaO6. The van der Waals surface area contributed by atoms with Crippen LogP contribution in [0.1, 0.15) is 41.2 Å². The molecule has 0 unspecified atom stereocenters. The number of benzene rings is 3. The molecule has 194 valence electrons. The minimum atomic E-state index is -0.898. The summed E-state index contributed by atoms with van der Waals surface area (Å²) in [6.45, 7) is 9.02. The molecule has 0 aliphatic carbocycles. The Labute approximate surface area is 243 Å². The van der Waals surface area contributed by atoms with Crippen LogP contribution in [0.2, 0.25) is 0 Å². The molecule has 0 fully saturated rings. The minimum absolute atomic E-state index is 0. The average Bonchev–Trinajstić information content (AvgIpc) is 3.16. The second-order valence-electron chi connectivity index (χ2n) is 9.23. The van der Waals surface area contributed by atoms with Crippen molar-refractivity contribution < 1.29 is 48.7 Å². The number of ether oxygens (including phenoxy) is 2. The van der Waals surface area contributed by atoms with E-state index < -0.39 is 11.4 Å². The zero-order valence-corrected chi connectivity index (χ0v) is 24.5. The quantitative estimate of drug-likeness (QED) is 0.309. The molecule has 1 atom stereocenters. The first-order valence-corrected chi connectivity index (χ1v) is 12.2. The number of hydrogen-bond acceptors (Lipinski definition) is 6. The summed E-state index contributed by atoms with van der Waals surface area (Å²) in [6.07, 6.45) is 0.207. The largest absolute Gasteiger partial charge is 1.00 e. The molecule has 0 aliphatic heterocycles. The molecule has 9 heteroatoms. The van der Waals surface area contributed by atoms with Crippen molar-refractivity contribution in [2.75, 3.05) is 6.61 Å². The first-order valence-electron chi connectivity index (χ1n) is 12.2. The molecule has 1 aromatic heterocycles. The molecule has 0 aliphatic rings. The summed E-state index contributed by atoms with van der Waals surface area (Å²) in [5, 5.41) is 9.47. The van der Waals surface area contributed by atoms with Crippen LogP contribution in [0.15, 0.2) is 68.7 Å².